The summed E-state index contributed by atoms with van der Waals surface area (Å²) in [6.45, 7) is 10.8. The molecule has 1 unspecified atom stereocenters. The van der Waals surface area contributed by atoms with Gasteiger partial charge in [-0.25, -0.2) is 0 Å². The van der Waals surface area contributed by atoms with E-state index in [2.05, 4.69) is 24.1 Å². The van der Waals surface area contributed by atoms with Crippen LogP contribution in [0.5, 0.6) is 5.75 Å². The van der Waals surface area contributed by atoms with E-state index in [1.54, 1.807) is 11.3 Å². The van der Waals surface area contributed by atoms with Crippen LogP contribution in [0.3, 0.4) is 0 Å². The summed E-state index contributed by atoms with van der Waals surface area (Å²) in [4.78, 5) is 32.4. The molecule has 0 saturated carbocycles. The number of nitrogens with zero attached hydrogens (tertiary/aromatic N) is 2. The number of halogens is 1. The molecule has 0 radical (unpaired) electrons. The second kappa shape index (κ2) is 10.9. The van der Waals surface area contributed by atoms with Gasteiger partial charge in [0.25, 0.3) is 0 Å². The molecule has 6 nitrogen and oxygen atoms in total. The molecule has 2 saturated heterocycles. The van der Waals surface area contributed by atoms with Crippen molar-refractivity contribution < 1.29 is 14.3 Å². The molecule has 1 N–H and O–H groups in total. The van der Waals surface area contributed by atoms with Gasteiger partial charge < -0.3 is 15.0 Å². The molecule has 1 atom stereocenters. The fourth-order valence-corrected chi connectivity index (χ4v) is 6.04. The smallest absolute Gasteiger partial charge is 0.246 e. The Morgan fingerprint density at radius 2 is 1.89 bits per heavy atom. The molecule has 0 bridgehead atoms. The van der Waals surface area contributed by atoms with Crippen LogP contribution in [-0.2, 0) is 22.7 Å². The number of benzene rings is 1. The van der Waals surface area contributed by atoms with E-state index < -0.39 is 11.6 Å². The van der Waals surface area contributed by atoms with Crippen LogP contribution in [0.1, 0.15) is 57.4 Å². The van der Waals surface area contributed by atoms with Crippen molar-refractivity contribution in [2.45, 2.75) is 77.7 Å². The highest BCUT2D eigenvalue weighted by Gasteiger charge is 2.53. The third kappa shape index (κ3) is 5.84. The van der Waals surface area contributed by atoms with E-state index in [1.165, 1.54) is 0 Å². The van der Waals surface area contributed by atoms with Gasteiger partial charge in [-0.05, 0) is 68.2 Å². The van der Waals surface area contributed by atoms with Gasteiger partial charge in [0.1, 0.15) is 17.3 Å². The molecule has 2 fully saturated rings. The highest BCUT2D eigenvalue weighted by molar-refractivity contribution is 7.09. The minimum atomic E-state index is -0.802. The summed E-state index contributed by atoms with van der Waals surface area (Å²) < 4.78 is 5.75. The zero-order valence-electron chi connectivity index (χ0n) is 21.1. The third-order valence-electron chi connectivity index (χ3n) is 6.88. The van der Waals surface area contributed by atoms with Gasteiger partial charge in [0.15, 0.2) is 0 Å². The SMILES string of the molecule is CC(C)CC1NC(=O)C2(CCN(Cc3ccc(OC(C)C)cc3Cl)CC2)N(Cc2cccs2)C1=O. The van der Waals surface area contributed by atoms with E-state index in [9.17, 15) is 9.59 Å². The number of piperidine rings is 1. The molecular weight excluding hydrogens is 482 g/mol. The second-order valence-electron chi connectivity index (χ2n) is 10.4. The van der Waals surface area contributed by atoms with Gasteiger partial charge in [0.2, 0.25) is 11.8 Å². The minimum absolute atomic E-state index is 0.00724. The van der Waals surface area contributed by atoms with Gasteiger partial charge in [-0.3, -0.25) is 14.5 Å². The monoisotopic (exact) mass is 517 g/mol. The van der Waals surface area contributed by atoms with Crippen LogP contribution in [0.25, 0.3) is 0 Å². The van der Waals surface area contributed by atoms with Crippen LogP contribution < -0.4 is 10.1 Å². The molecule has 3 heterocycles. The number of rotatable bonds is 8. The van der Waals surface area contributed by atoms with Crippen LogP contribution in [0.2, 0.25) is 5.02 Å². The third-order valence-corrected chi connectivity index (χ3v) is 8.10. The number of carbonyl (C=O) groups excluding carboxylic acids is 2. The van der Waals surface area contributed by atoms with E-state index in [1.807, 2.05) is 54.5 Å². The molecule has 2 aliphatic heterocycles. The fourth-order valence-electron chi connectivity index (χ4n) is 5.12. The summed E-state index contributed by atoms with van der Waals surface area (Å²) in [7, 11) is 0. The molecule has 2 amide bonds. The minimum Gasteiger partial charge on any atom is -0.491 e. The molecule has 2 aliphatic rings. The molecular formula is C27H36ClN3O3S. The van der Waals surface area contributed by atoms with Crippen LogP contribution in [-0.4, -0.2) is 52.4 Å². The predicted molar refractivity (Wildman–Crippen MR) is 141 cm³/mol. The highest BCUT2D eigenvalue weighted by atomic mass is 35.5. The molecule has 1 aromatic carbocycles. The summed E-state index contributed by atoms with van der Waals surface area (Å²) in [6.07, 6.45) is 1.97. The average molecular weight is 518 g/mol. The van der Waals surface area contributed by atoms with Crippen LogP contribution in [0.15, 0.2) is 35.7 Å². The quantitative estimate of drug-likeness (QED) is 0.529. The Kier molecular flexibility index (Phi) is 8.09. The summed E-state index contributed by atoms with van der Waals surface area (Å²) in [5.41, 5.74) is 0.236. The Hall–Kier alpha value is -2.09. The number of thiophene rings is 1. The lowest BCUT2D eigenvalue weighted by molar-refractivity contribution is -0.162. The van der Waals surface area contributed by atoms with Gasteiger partial charge in [-0.1, -0.05) is 37.6 Å². The number of nitrogens with one attached hydrogen (secondary N) is 1. The first-order valence-electron chi connectivity index (χ1n) is 12.5. The van der Waals surface area contributed by atoms with Crippen molar-refractivity contribution in [3.05, 3.63) is 51.2 Å². The van der Waals surface area contributed by atoms with Crippen molar-refractivity contribution in [3.63, 3.8) is 0 Å². The lowest BCUT2D eigenvalue weighted by Crippen LogP contribution is -2.72. The van der Waals surface area contributed by atoms with Crippen LogP contribution in [0.4, 0.5) is 0 Å². The van der Waals surface area contributed by atoms with E-state index in [4.69, 9.17) is 16.3 Å². The molecule has 35 heavy (non-hydrogen) atoms. The van der Waals surface area contributed by atoms with Crippen molar-refractivity contribution in [2.75, 3.05) is 13.1 Å². The van der Waals surface area contributed by atoms with E-state index in [0.29, 0.717) is 43.3 Å². The Bertz CT molecular complexity index is 1030. The number of hydrogen-bond donors (Lipinski definition) is 1. The molecule has 190 valence electrons. The topological polar surface area (TPSA) is 61.9 Å². The Morgan fingerprint density at radius 3 is 2.49 bits per heavy atom. The number of hydrogen-bond acceptors (Lipinski definition) is 5. The molecule has 4 rings (SSSR count). The molecule has 2 aromatic rings. The van der Waals surface area contributed by atoms with Crippen molar-refractivity contribution >= 4 is 34.8 Å². The summed E-state index contributed by atoms with van der Waals surface area (Å²) in [5.74, 6) is 1.13. The number of ether oxygens (including phenoxy) is 1. The first-order valence-corrected chi connectivity index (χ1v) is 13.8. The summed E-state index contributed by atoms with van der Waals surface area (Å²) in [5, 5.41) is 5.79. The second-order valence-corrected chi connectivity index (χ2v) is 11.8. The maximum Gasteiger partial charge on any atom is 0.246 e. The Balaban J connectivity index is 1.49. The maximum absolute atomic E-state index is 13.6. The number of piperazine rings is 1. The average Bonchev–Trinajstić information content (AvgIpc) is 3.31. The van der Waals surface area contributed by atoms with Gasteiger partial charge in [-0.2, -0.15) is 0 Å². The molecule has 1 spiro atoms. The first-order chi connectivity index (χ1) is 16.7. The molecule has 8 heteroatoms. The lowest BCUT2D eigenvalue weighted by atomic mass is 9.80. The number of carbonyl (C=O) groups is 2. The van der Waals surface area contributed by atoms with E-state index in [0.717, 1.165) is 29.3 Å². The van der Waals surface area contributed by atoms with Crippen LogP contribution >= 0.6 is 22.9 Å². The maximum atomic E-state index is 13.6. The fraction of sp³-hybridized carbons (Fsp3) is 0.556. The number of likely N-dealkylation sites (tertiary alicyclic amines) is 1. The number of amides is 2. The molecule has 0 aliphatic carbocycles. The van der Waals surface area contributed by atoms with Crippen molar-refractivity contribution in [1.82, 2.24) is 15.1 Å². The lowest BCUT2D eigenvalue weighted by Gasteiger charge is -2.51. The van der Waals surface area contributed by atoms with Crippen LogP contribution in [0, 0.1) is 5.92 Å². The van der Waals surface area contributed by atoms with Gasteiger partial charge in [-0.15, -0.1) is 11.3 Å². The highest BCUT2D eigenvalue weighted by Crippen LogP contribution is 2.36. The van der Waals surface area contributed by atoms with E-state index >= 15 is 0 Å². The van der Waals surface area contributed by atoms with E-state index in [-0.39, 0.29) is 17.9 Å². The summed E-state index contributed by atoms with van der Waals surface area (Å²) >= 11 is 8.18. The van der Waals surface area contributed by atoms with Crippen molar-refractivity contribution in [3.8, 4) is 5.75 Å². The van der Waals surface area contributed by atoms with Crippen molar-refractivity contribution in [2.24, 2.45) is 5.92 Å². The zero-order chi connectivity index (χ0) is 25.2. The molecule has 1 aromatic heterocycles. The largest absolute Gasteiger partial charge is 0.491 e. The predicted octanol–water partition coefficient (Wildman–Crippen LogP) is 5.10. The standard InChI is InChI=1S/C27H36ClN3O3S/c1-18(2)14-24-25(32)31(17-22-6-5-13-35-22)27(26(33)29-24)9-11-30(12-10-27)16-20-7-8-21(15-23(20)28)34-19(3)4/h5-8,13,15,18-19,24H,9-12,14,16-17H2,1-4H3,(H,29,33). The van der Waals surface area contributed by atoms with Crippen molar-refractivity contribution in [1.29, 1.82) is 0 Å². The van der Waals surface area contributed by atoms with Gasteiger partial charge in [0, 0.05) is 29.5 Å². The Morgan fingerprint density at radius 1 is 1.14 bits per heavy atom. The Labute approximate surface area is 217 Å². The van der Waals surface area contributed by atoms with Gasteiger partial charge >= 0.3 is 0 Å². The normalized spacial score (nSPS) is 20.7. The first kappa shape index (κ1) is 26.0. The summed E-state index contributed by atoms with van der Waals surface area (Å²) in [6, 6.07) is 9.43. The van der Waals surface area contributed by atoms with Gasteiger partial charge in [0.05, 0.1) is 12.6 Å². The zero-order valence-corrected chi connectivity index (χ0v) is 22.6.